The van der Waals surface area contributed by atoms with Crippen molar-refractivity contribution >= 4 is 17.3 Å². The molecule has 4 heteroatoms. The molecule has 1 aliphatic heterocycles. The van der Waals surface area contributed by atoms with Crippen molar-refractivity contribution in [1.82, 2.24) is 4.90 Å². The van der Waals surface area contributed by atoms with Crippen molar-refractivity contribution in [3.8, 4) is 0 Å². The topological polar surface area (TPSA) is 38.5 Å². The van der Waals surface area contributed by atoms with Crippen LogP contribution in [0, 0.1) is 0 Å². The maximum absolute atomic E-state index is 5.92. The molecule has 0 saturated carbocycles. The van der Waals surface area contributed by atoms with Gasteiger partial charge in [0.05, 0.1) is 17.3 Å². The fraction of sp³-hybridized carbons (Fsp3) is 0.429. The summed E-state index contributed by atoms with van der Waals surface area (Å²) in [6, 6.07) is 5.85. The average Bonchev–Trinajstić information content (AvgIpc) is 2.37. The molecule has 18 heavy (non-hydrogen) atoms. The van der Waals surface area contributed by atoms with E-state index in [1.54, 1.807) is 7.11 Å². The first-order valence-electron chi connectivity index (χ1n) is 6.12. The molecule has 1 aromatic rings. The number of benzene rings is 1. The van der Waals surface area contributed by atoms with E-state index >= 15 is 0 Å². The van der Waals surface area contributed by atoms with Gasteiger partial charge in [-0.1, -0.05) is 23.7 Å². The minimum absolute atomic E-state index is 0.625. The molecule has 1 heterocycles. The number of halogens is 1. The molecule has 0 radical (unpaired) electrons. The van der Waals surface area contributed by atoms with Gasteiger partial charge < -0.3 is 10.5 Å². The minimum Gasteiger partial charge on any atom is -0.398 e. The Labute approximate surface area is 113 Å². The fourth-order valence-electron chi connectivity index (χ4n) is 2.16. The van der Waals surface area contributed by atoms with Crippen molar-refractivity contribution in [3.05, 3.63) is 40.4 Å². The van der Waals surface area contributed by atoms with E-state index in [-0.39, 0.29) is 0 Å². The lowest BCUT2D eigenvalue weighted by Gasteiger charge is -2.26. The molecule has 0 aliphatic carbocycles. The number of nitrogen functional groups attached to an aromatic ring is 1. The number of hydrogen-bond donors (Lipinski definition) is 1. The van der Waals surface area contributed by atoms with Crippen LogP contribution in [0.4, 0.5) is 5.69 Å². The molecule has 3 nitrogen and oxygen atoms in total. The normalized spacial score (nSPS) is 16.7. The summed E-state index contributed by atoms with van der Waals surface area (Å²) in [5.41, 5.74) is 9.06. The largest absolute Gasteiger partial charge is 0.398 e. The minimum atomic E-state index is 0.625. The van der Waals surface area contributed by atoms with E-state index < -0.39 is 0 Å². The van der Waals surface area contributed by atoms with Crippen molar-refractivity contribution in [1.29, 1.82) is 0 Å². The predicted molar refractivity (Wildman–Crippen MR) is 75.7 cm³/mol. The lowest BCUT2D eigenvalue weighted by atomic mass is 10.1. The van der Waals surface area contributed by atoms with E-state index in [4.69, 9.17) is 22.1 Å². The Hall–Kier alpha value is -1.03. The molecule has 0 unspecified atom stereocenters. The highest BCUT2D eigenvalue weighted by molar-refractivity contribution is 6.33. The van der Waals surface area contributed by atoms with Gasteiger partial charge in [0, 0.05) is 26.7 Å². The van der Waals surface area contributed by atoms with Gasteiger partial charge in [-0.15, -0.1) is 0 Å². The van der Waals surface area contributed by atoms with Crippen LogP contribution in [0.5, 0.6) is 0 Å². The summed E-state index contributed by atoms with van der Waals surface area (Å²) in [6.07, 6.45) is 3.34. The van der Waals surface area contributed by atoms with Crippen LogP contribution in [0.25, 0.3) is 0 Å². The predicted octanol–water partition coefficient (Wildman–Crippen LogP) is 2.70. The first-order valence-corrected chi connectivity index (χ1v) is 6.50. The number of nitrogens with zero attached hydrogens (tertiary/aromatic N) is 1. The summed E-state index contributed by atoms with van der Waals surface area (Å²) >= 11 is 5.92. The lowest BCUT2D eigenvalue weighted by molar-refractivity contribution is 0.210. The summed E-state index contributed by atoms with van der Waals surface area (Å²) in [7, 11) is 1.74. The number of methoxy groups -OCH3 is 1. The third-order valence-corrected chi connectivity index (χ3v) is 3.53. The smallest absolute Gasteiger partial charge is 0.0673 e. The molecule has 0 amide bonds. The second-order valence-corrected chi connectivity index (χ2v) is 5.04. The van der Waals surface area contributed by atoms with Gasteiger partial charge in [0.2, 0.25) is 0 Å². The van der Waals surface area contributed by atoms with Crippen LogP contribution in [-0.4, -0.2) is 31.7 Å². The van der Waals surface area contributed by atoms with E-state index in [0.717, 1.165) is 32.7 Å². The van der Waals surface area contributed by atoms with Gasteiger partial charge in [0.15, 0.2) is 0 Å². The zero-order chi connectivity index (χ0) is 13.0. The fourth-order valence-corrected chi connectivity index (χ4v) is 2.28. The summed E-state index contributed by atoms with van der Waals surface area (Å²) < 4.78 is 5.15. The van der Waals surface area contributed by atoms with E-state index in [0.29, 0.717) is 10.7 Å². The molecular formula is C14H19ClN2O. The van der Waals surface area contributed by atoms with Gasteiger partial charge in [-0.25, -0.2) is 0 Å². The van der Waals surface area contributed by atoms with Crippen LogP contribution in [0.3, 0.4) is 0 Å². The maximum atomic E-state index is 5.92. The number of anilines is 1. The zero-order valence-corrected chi connectivity index (χ0v) is 11.4. The van der Waals surface area contributed by atoms with Crippen LogP contribution in [0.15, 0.2) is 29.8 Å². The highest BCUT2D eigenvalue weighted by atomic mass is 35.5. The van der Waals surface area contributed by atoms with E-state index in [1.807, 2.05) is 18.2 Å². The van der Waals surface area contributed by atoms with Crippen molar-refractivity contribution < 1.29 is 4.74 Å². The Morgan fingerprint density at radius 2 is 2.28 bits per heavy atom. The van der Waals surface area contributed by atoms with Crippen LogP contribution < -0.4 is 5.73 Å². The van der Waals surface area contributed by atoms with Gasteiger partial charge >= 0.3 is 0 Å². The Bertz CT molecular complexity index is 445. The van der Waals surface area contributed by atoms with Crippen molar-refractivity contribution in [2.75, 3.05) is 32.5 Å². The molecule has 0 fully saturated rings. The zero-order valence-electron chi connectivity index (χ0n) is 10.7. The summed E-state index contributed by atoms with van der Waals surface area (Å²) in [5.74, 6) is 0. The van der Waals surface area contributed by atoms with Crippen molar-refractivity contribution in [3.63, 3.8) is 0 Å². The summed E-state index contributed by atoms with van der Waals surface area (Å²) in [4.78, 5) is 2.39. The van der Waals surface area contributed by atoms with Crippen LogP contribution in [0.1, 0.15) is 12.0 Å². The molecule has 2 rings (SSSR count). The number of ether oxygens (including phenoxy) is 1. The lowest BCUT2D eigenvalue weighted by Crippen LogP contribution is -2.29. The van der Waals surface area contributed by atoms with Crippen molar-refractivity contribution in [2.45, 2.75) is 13.0 Å². The Morgan fingerprint density at radius 3 is 2.89 bits per heavy atom. The molecule has 0 bridgehead atoms. The van der Waals surface area contributed by atoms with Crippen molar-refractivity contribution in [2.24, 2.45) is 0 Å². The second-order valence-electron chi connectivity index (χ2n) is 4.64. The first-order chi connectivity index (χ1) is 8.69. The van der Waals surface area contributed by atoms with E-state index in [1.165, 1.54) is 11.1 Å². The van der Waals surface area contributed by atoms with Crippen LogP contribution >= 0.6 is 11.6 Å². The van der Waals surface area contributed by atoms with Gasteiger partial charge in [-0.2, -0.15) is 0 Å². The SMILES string of the molecule is COCC1=CCN(Cc2ccc(Cl)c(N)c2)CC1. The van der Waals surface area contributed by atoms with Gasteiger partial charge in [-0.3, -0.25) is 4.90 Å². The molecule has 2 N–H and O–H groups in total. The average molecular weight is 267 g/mol. The molecule has 0 spiro atoms. The van der Waals surface area contributed by atoms with Gasteiger partial charge in [-0.05, 0) is 29.7 Å². The Morgan fingerprint density at radius 1 is 1.44 bits per heavy atom. The van der Waals surface area contributed by atoms with E-state index in [2.05, 4.69) is 11.0 Å². The monoisotopic (exact) mass is 266 g/mol. The Kier molecular flexibility index (Phi) is 4.64. The third kappa shape index (κ3) is 3.48. The molecule has 98 valence electrons. The molecule has 0 saturated heterocycles. The summed E-state index contributed by atoms with van der Waals surface area (Å²) in [6.45, 7) is 3.71. The molecule has 1 aromatic carbocycles. The second kappa shape index (κ2) is 6.23. The molecular weight excluding hydrogens is 248 g/mol. The maximum Gasteiger partial charge on any atom is 0.0673 e. The number of nitrogens with two attached hydrogens (primary N) is 1. The van der Waals surface area contributed by atoms with Gasteiger partial charge in [0.25, 0.3) is 0 Å². The highest BCUT2D eigenvalue weighted by Gasteiger charge is 2.12. The number of rotatable bonds is 4. The molecule has 0 aromatic heterocycles. The van der Waals surface area contributed by atoms with Crippen LogP contribution in [-0.2, 0) is 11.3 Å². The standard InChI is InChI=1S/C14H19ClN2O/c1-18-10-11-4-6-17(7-5-11)9-12-2-3-13(15)14(16)8-12/h2-4,8H,5-7,9-10,16H2,1H3. The first kappa shape index (κ1) is 13.4. The molecule has 0 atom stereocenters. The number of hydrogen-bond acceptors (Lipinski definition) is 3. The summed E-state index contributed by atoms with van der Waals surface area (Å²) in [5, 5.41) is 0.625. The molecule has 1 aliphatic rings. The third-order valence-electron chi connectivity index (χ3n) is 3.18. The van der Waals surface area contributed by atoms with E-state index in [9.17, 15) is 0 Å². The quantitative estimate of drug-likeness (QED) is 0.673. The highest BCUT2D eigenvalue weighted by Crippen LogP contribution is 2.21. The Balaban J connectivity index is 1.93. The van der Waals surface area contributed by atoms with Gasteiger partial charge in [0.1, 0.15) is 0 Å². The van der Waals surface area contributed by atoms with Crippen LogP contribution in [0.2, 0.25) is 5.02 Å².